The molecule has 2 aromatic heterocycles. The van der Waals surface area contributed by atoms with E-state index in [-0.39, 0.29) is 116 Å². The van der Waals surface area contributed by atoms with Gasteiger partial charge in [-0.3, -0.25) is 18.9 Å². The van der Waals surface area contributed by atoms with E-state index in [0.29, 0.717) is 29.1 Å². The van der Waals surface area contributed by atoms with Crippen LogP contribution in [0.3, 0.4) is 0 Å². The van der Waals surface area contributed by atoms with E-state index in [1.165, 1.54) is 31.7 Å². The molecule has 0 aliphatic rings. The molecule has 0 saturated heterocycles. The number of methoxy groups -OCH3 is 1. The van der Waals surface area contributed by atoms with E-state index in [4.69, 9.17) is 23.0 Å². The zero-order valence-corrected chi connectivity index (χ0v) is 43.9. The summed E-state index contributed by atoms with van der Waals surface area (Å²) in [5.74, 6) is 2.83. The van der Waals surface area contributed by atoms with Crippen molar-refractivity contribution in [3.8, 4) is 0 Å². The SMILES string of the molecule is C/C(=C\C(=O)Cc1ccc(C(=O)O)cc1)c1cc(C(C)C)c(C(C)C)o1.CC(=O)c1cc(C(C)C)c(C(C)C)o1.CCOP(=O)(CC(=O)Cc1ccc(C(=O)OC)cc1)OCC.[H-].[Li+].[Na+].[OH-]. The summed E-state index contributed by atoms with van der Waals surface area (Å²) < 4.78 is 38.6. The first kappa shape index (κ1) is 63.5. The van der Waals surface area contributed by atoms with Crippen LogP contribution in [0.5, 0.6) is 0 Å². The number of ketones is 3. The van der Waals surface area contributed by atoms with Gasteiger partial charge in [-0.1, -0.05) is 79.7 Å². The summed E-state index contributed by atoms with van der Waals surface area (Å²) in [5.41, 5.74) is 5.26. The van der Waals surface area contributed by atoms with Gasteiger partial charge >= 0.3 is 68.0 Å². The van der Waals surface area contributed by atoms with Gasteiger partial charge in [0.15, 0.2) is 17.3 Å². The maximum absolute atomic E-state index is 12.3. The first-order valence-corrected chi connectivity index (χ1v) is 22.7. The minimum absolute atomic E-state index is 0. The number of ether oxygens (including phenoxy) is 1. The van der Waals surface area contributed by atoms with Crippen LogP contribution in [-0.4, -0.2) is 66.4 Å². The molecule has 0 bridgehead atoms. The number of Topliss-reactive ketones (excluding diaryl/α,β-unsaturated/α-hetero) is 2. The van der Waals surface area contributed by atoms with Gasteiger partial charge in [-0.05, 0) is 103 Å². The number of allylic oxidation sites excluding steroid dienone is 2. The molecule has 13 nitrogen and oxygen atoms in total. The molecule has 2 heterocycles. The number of carbonyl (C=O) groups excluding carboxylic acids is 4. The van der Waals surface area contributed by atoms with Crippen LogP contribution in [0.2, 0.25) is 0 Å². The average molecular weight is 925 g/mol. The van der Waals surface area contributed by atoms with Gasteiger partial charge in [0, 0.05) is 31.6 Å². The van der Waals surface area contributed by atoms with Gasteiger partial charge in [0.1, 0.15) is 29.2 Å². The molecule has 65 heavy (non-hydrogen) atoms. The smallest absolute Gasteiger partial charge is 1.00 e. The molecule has 2 N–H and O–H groups in total. The Morgan fingerprint density at radius 3 is 1.48 bits per heavy atom. The minimum atomic E-state index is -3.37. The van der Waals surface area contributed by atoms with Gasteiger partial charge in [-0.2, -0.15) is 0 Å². The number of esters is 1. The Hall–Kier alpha value is -3.60. The van der Waals surface area contributed by atoms with Crippen molar-refractivity contribution in [1.82, 2.24) is 0 Å². The summed E-state index contributed by atoms with van der Waals surface area (Å²) in [7, 11) is -2.06. The molecule has 0 fully saturated rings. The third-order valence-electron chi connectivity index (χ3n) is 9.37. The Balaban J connectivity index is -0.000000910. The van der Waals surface area contributed by atoms with Crippen LogP contribution in [-0.2, 0) is 40.8 Å². The molecule has 0 unspecified atom stereocenters. The van der Waals surface area contributed by atoms with E-state index in [9.17, 15) is 28.5 Å². The van der Waals surface area contributed by atoms with Crippen LogP contribution < -0.4 is 48.4 Å². The summed E-state index contributed by atoms with van der Waals surface area (Å²) in [5, 5.41) is 8.92. The number of benzene rings is 2. The number of carboxylic acids is 1. The molecule has 4 aromatic rings. The van der Waals surface area contributed by atoms with Crippen molar-refractivity contribution >= 4 is 42.5 Å². The fourth-order valence-corrected chi connectivity index (χ4v) is 7.83. The average Bonchev–Trinajstić information content (AvgIpc) is 3.86. The van der Waals surface area contributed by atoms with Crippen molar-refractivity contribution < 1.29 is 112 Å². The van der Waals surface area contributed by atoms with Crippen LogP contribution in [0, 0.1) is 0 Å². The maximum atomic E-state index is 12.3. The minimum Gasteiger partial charge on any atom is -1.00 e. The summed E-state index contributed by atoms with van der Waals surface area (Å²) in [6.45, 7) is 24.1. The zero-order valence-electron chi connectivity index (χ0n) is 42.0. The van der Waals surface area contributed by atoms with Gasteiger partial charge in [-0.15, -0.1) is 0 Å². The normalized spacial score (nSPS) is 11.1. The van der Waals surface area contributed by atoms with Crippen molar-refractivity contribution in [2.45, 2.75) is 120 Å². The molecule has 0 amide bonds. The number of furan rings is 2. The van der Waals surface area contributed by atoms with E-state index in [0.717, 1.165) is 39.5 Å². The second-order valence-electron chi connectivity index (χ2n) is 16.0. The van der Waals surface area contributed by atoms with Crippen LogP contribution in [0.25, 0.3) is 5.57 Å². The molecule has 0 atom stereocenters. The molecule has 2 aromatic carbocycles. The molecule has 0 saturated carbocycles. The summed E-state index contributed by atoms with van der Waals surface area (Å²) in [6.07, 6.45) is 1.67. The van der Waals surface area contributed by atoms with Gasteiger partial charge in [0.2, 0.25) is 0 Å². The van der Waals surface area contributed by atoms with Gasteiger partial charge in [0.25, 0.3) is 0 Å². The molecule has 0 aliphatic heterocycles. The summed E-state index contributed by atoms with van der Waals surface area (Å²) in [4.78, 5) is 57.7. The Labute approximate surface area is 420 Å². The number of carbonyl (C=O) groups is 5. The van der Waals surface area contributed by atoms with Crippen molar-refractivity contribution in [3.05, 3.63) is 123 Å². The van der Waals surface area contributed by atoms with E-state index in [1.54, 1.807) is 56.3 Å². The number of hydrogen-bond donors (Lipinski definition) is 1. The third-order valence-corrected chi connectivity index (χ3v) is 11.4. The Morgan fingerprint density at radius 1 is 0.692 bits per heavy atom. The monoisotopic (exact) mass is 924 g/mol. The fourth-order valence-electron chi connectivity index (χ4n) is 6.24. The van der Waals surface area contributed by atoms with Crippen molar-refractivity contribution in [2.75, 3.05) is 26.5 Å². The summed E-state index contributed by atoms with van der Waals surface area (Å²) >= 11 is 0. The van der Waals surface area contributed by atoms with Crippen LogP contribution in [0.1, 0.15) is 179 Å². The standard InChI is InChI=1S/C22H26O4.C15H21O6P.C12H18O2.Li.Na.H2O.H/c1-13(2)19-12-20(26-21(19)14(3)4)15(5)10-18(23)11-16-6-8-17(9-7-16)22(24)25;1-4-20-22(18,21-5-2)11-14(16)10-12-6-8-13(9-7-12)15(17)19-3;1-7(2)10-6-11(9(5)13)14-12(10)8(3)4;;;;/h6-10,12-14H,11H2,1-5H3,(H,24,25);6-9H,4-5,10-11H2,1-3H3;6-8H,1-5H3;;;1H2;/q;;;2*+1;;-1/p-1/b15-10+;;;;;;. The molecule has 348 valence electrons. The number of carboxylic acid groups (broad SMARTS) is 1. The predicted octanol–water partition coefficient (Wildman–Crippen LogP) is 5.96. The molecule has 4 rings (SSSR count). The number of aromatic carboxylic acids is 1. The first-order chi connectivity index (χ1) is 29.1. The van der Waals surface area contributed by atoms with Gasteiger partial charge < -0.3 is 34.6 Å². The van der Waals surface area contributed by atoms with Crippen LogP contribution in [0.4, 0.5) is 0 Å². The van der Waals surface area contributed by atoms with E-state index in [2.05, 4.69) is 60.1 Å². The number of rotatable bonds is 19. The Bertz CT molecular complexity index is 2150. The molecule has 16 heteroatoms. The second-order valence-corrected chi connectivity index (χ2v) is 18.1. The topological polar surface area (TPSA) is 207 Å². The molecule has 0 radical (unpaired) electrons. The van der Waals surface area contributed by atoms with Crippen molar-refractivity contribution in [2.24, 2.45) is 0 Å². The van der Waals surface area contributed by atoms with Crippen LogP contribution in [0.15, 0.2) is 75.6 Å². The number of hydrogen-bond acceptors (Lipinski definition) is 12. The fraction of sp³-hybridized carbons (Fsp3) is 0.449. The largest absolute Gasteiger partial charge is 1.00 e. The first-order valence-electron chi connectivity index (χ1n) is 20.9. The molecular formula is C49H67LiNaO13P. The quantitative estimate of drug-likeness (QED) is 0.0379. The Morgan fingerprint density at radius 2 is 1.11 bits per heavy atom. The molecule has 0 aliphatic carbocycles. The summed E-state index contributed by atoms with van der Waals surface area (Å²) in [6, 6.07) is 16.8. The Kier molecular flexibility index (Phi) is 29.9. The zero-order chi connectivity index (χ0) is 46.9. The van der Waals surface area contributed by atoms with E-state index < -0.39 is 19.5 Å². The van der Waals surface area contributed by atoms with Gasteiger partial charge in [-0.25, -0.2) is 9.59 Å². The van der Waals surface area contributed by atoms with E-state index >= 15 is 0 Å². The van der Waals surface area contributed by atoms with E-state index in [1.807, 2.05) is 19.1 Å². The van der Waals surface area contributed by atoms with Crippen LogP contribution >= 0.6 is 7.60 Å². The molecular weight excluding hydrogens is 857 g/mol. The van der Waals surface area contributed by atoms with Crippen molar-refractivity contribution in [3.63, 3.8) is 0 Å². The van der Waals surface area contributed by atoms with Crippen molar-refractivity contribution in [1.29, 1.82) is 0 Å². The maximum Gasteiger partial charge on any atom is 1.00 e. The second kappa shape index (κ2) is 30.6. The van der Waals surface area contributed by atoms with Gasteiger partial charge in [0.05, 0.1) is 31.5 Å². The predicted molar refractivity (Wildman–Crippen MR) is 245 cm³/mol. The third kappa shape index (κ3) is 20.8. The molecule has 0 spiro atoms.